The second kappa shape index (κ2) is 5.58. The molecule has 1 aromatic carbocycles. The highest BCUT2D eigenvalue weighted by molar-refractivity contribution is 7.89. The highest BCUT2D eigenvalue weighted by Crippen LogP contribution is 2.29. The minimum absolute atomic E-state index is 0.114. The van der Waals surface area contributed by atoms with Crippen molar-refractivity contribution in [3.63, 3.8) is 0 Å². The lowest BCUT2D eigenvalue weighted by atomic mass is 10.2. The van der Waals surface area contributed by atoms with Crippen molar-refractivity contribution in [1.82, 2.24) is 9.62 Å². The van der Waals surface area contributed by atoms with Crippen LogP contribution in [0, 0.1) is 10.1 Å². The van der Waals surface area contributed by atoms with E-state index in [0.29, 0.717) is 0 Å². The molecule has 1 heterocycles. The molecule has 114 valence electrons. The van der Waals surface area contributed by atoms with Crippen LogP contribution in [0.3, 0.4) is 0 Å². The minimum atomic E-state index is -4.00. The van der Waals surface area contributed by atoms with E-state index in [-0.39, 0.29) is 28.7 Å². The number of carbonyl (C=O) groups excluding carboxylic acids is 1. The lowest BCUT2D eigenvalue weighted by molar-refractivity contribution is -0.384. The second-order valence-corrected chi connectivity index (χ2v) is 6.72. The Labute approximate surface area is 125 Å². The highest BCUT2D eigenvalue weighted by atomic mass is 35.5. The summed E-state index contributed by atoms with van der Waals surface area (Å²) >= 11 is 5.85. The van der Waals surface area contributed by atoms with Gasteiger partial charge in [-0.2, -0.15) is 4.31 Å². The van der Waals surface area contributed by atoms with Crippen molar-refractivity contribution >= 4 is 33.2 Å². The molecule has 1 atom stereocenters. The number of hydrogen-bond acceptors (Lipinski definition) is 5. The normalized spacial score (nSPS) is 20.1. The molecule has 1 amide bonds. The third kappa shape index (κ3) is 2.85. The van der Waals surface area contributed by atoms with Crippen molar-refractivity contribution in [2.75, 3.05) is 13.1 Å². The summed E-state index contributed by atoms with van der Waals surface area (Å²) < 4.78 is 26.1. The van der Waals surface area contributed by atoms with Crippen LogP contribution in [-0.4, -0.2) is 42.7 Å². The van der Waals surface area contributed by atoms with Crippen molar-refractivity contribution in [3.8, 4) is 0 Å². The van der Waals surface area contributed by atoms with Crippen LogP contribution in [0.4, 0.5) is 5.69 Å². The largest absolute Gasteiger partial charge is 0.353 e. The fraction of sp³-hybridized carbons (Fsp3) is 0.364. The lowest BCUT2D eigenvalue weighted by Crippen LogP contribution is -2.55. The number of halogens is 1. The van der Waals surface area contributed by atoms with Gasteiger partial charge < -0.3 is 5.32 Å². The third-order valence-electron chi connectivity index (χ3n) is 3.16. The maximum Gasteiger partial charge on any atom is 0.271 e. The predicted molar refractivity (Wildman–Crippen MR) is 74.5 cm³/mol. The molecule has 1 fully saturated rings. The summed E-state index contributed by atoms with van der Waals surface area (Å²) in [5, 5.41) is 13.0. The van der Waals surface area contributed by atoms with Gasteiger partial charge in [-0.1, -0.05) is 11.6 Å². The Hall–Kier alpha value is -1.71. The Bertz CT molecular complexity index is 706. The molecule has 1 saturated heterocycles. The van der Waals surface area contributed by atoms with E-state index in [2.05, 4.69) is 5.32 Å². The second-order valence-electron chi connectivity index (χ2n) is 4.45. The van der Waals surface area contributed by atoms with E-state index in [1.807, 2.05) is 0 Å². The molecule has 1 N–H and O–H groups in total. The maximum absolute atomic E-state index is 12.5. The number of non-ortho nitro benzene ring substituents is 1. The monoisotopic (exact) mass is 333 g/mol. The standard InChI is InChI=1S/C11H12ClN3O5S/c1-7-11(16)13-4-5-14(7)21(19,20)10-3-2-8(15(17)18)6-9(10)12/h2-3,6-7H,4-5H2,1H3,(H,13,16). The molecule has 1 aliphatic rings. The van der Waals surface area contributed by atoms with Crippen LogP contribution in [0.25, 0.3) is 0 Å². The molecule has 8 nitrogen and oxygen atoms in total. The number of sulfonamides is 1. The molecule has 0 aromatic heterocycles. The van der Waals surface area contributed by atoms with Gasteiger partial charge in [-0.05, 0) is 13.0 Å². The van der Waals surface area contributed by atoms with E-state index in [1.54, 1.807) is 0 Å². The molecule has 1 aromatic rings. The average Bonchev–Trinajstić information content (AvgIpc) is 2.41. The molecule has 21 heavy (non-hydrogen) atoms. The van der Waals surface area contributed by atoms with E-state index >= 15 is 0 Å². The fourth-order valence-electron chi connectivity index (χ4n) is 2.03. The van der Waals surface area contributed by atoms with Gasteiger partial charge in [0.1, 0.15) is 10.9 Å². The zero-order valence-electron chi connectivity index (χ0n) is 10.9. The first-order valence-electron chi connectivity index (χ1n) is 5.98. The van der Waals surface area contributed by atoms with Gasteiger partial charge in [0.05, 0.1) is 9.95 Å². The van der Waals surface area contributed by atoms with Crippen LogP contribution < -0.4 is 5.32 Å². The zero-order chi connectivity index (χ0) is 15.8. The van der Waals surface area contributed by atoms with Crippen LogP contribution in [0.1, 0.15) is 6.92 Å². The molecule has 10 heteroatoms. The SMILES string of the molecule is CC1C(=O)NCCN1S(=O)(=O)c1ccc([N+](=O)[O-])cc1Cl. The van der Waals surface area contributed by atoms with Crippen LogP contribution in [0.5, 0.6) is 0 Å². The Balaban J connectivity index is 2.44. The topological polar surface area (TPSA) is 110 Å². The van der Waals surface area contributed by atoms with E-state index in [9.17, 15) is 23.3 Å². The number of nitrogens with one attached hydrogen (secondary N) is 1. The van der Waals surface area contributed by atoms with Gasteiger partial charge in [-0.3, -0.25) is 14.9 Å². The molecule has 0 saturated carbocycles. The Morgan fingerprint density at radius 1 is 1.48 bits per heavy atom. The third-order valence-corrected chi connectivity index (χ3v) is 5.61. The van der Waals surface area contributed by atoms with Gasteiger partial charge in [0.15, 0.2) is 0 Å². The number of rotatable bonds is 3. The summed E-state index contributed by atoms with van der Waals surface area (Å²) in [6.45, 7) is 1.78. The number of nitro benzene ring substituents is 1. The van der Waals surface area contributed by atoms with Gasteiger partial charge in [-0.25, -0.2) is 8.42 Å². The molecule has 2 rings (SSSR count). The minimum Gasteiger partial charge on any atom is -0.353 e. The van der Waals surface area contributed by atoms with Crippen molar-refractivity contribution in [3.05, 3.63) is 33.3 Å². The van der Waals surface area contributed by atoms with E-state index in [0.717, 1.165) is 22.5 Å². The first-order chi connectivity index (χ1) is 9.75. The number of hydrogen-bond donors (Lipinski definition) is 1. The van der Waals surface area contributed by atoms with Gasteiger partial charge >= 0.3 is 0 Å². The van der Waals surface area contributed by atoms with Crippen LogP contribution >= 0.6 is 11.6 Å². The fourth-order valence-corrected chi connectivity index (χ4v) is 4.14. The van der Waals surface area contributed by atoms with E-state index in [1.165, 1.54) is 6.92 Å². The number of piperazine rings is 1. The highest BCUT2D eigenvalue weighted by Gasteiger charge is 2.36. The Morgan fingerprint density at radius 2 is 2.14 bits per heavy atom. The summed E-state index contributed by atoms with van der Waals surface area (Å²) in [5.41, 5.74) is -0.302. The number of amides is 1. The zero-order valence-corrected chi connectivity index (χ0v) is 12.5. The van der Waals surface area contributed by atoms with Crippen molar-refractivity contribution in [1.29, 1.82) is 0 Å². The van der Waals surface area contributed by atoms with Gasteiger partial charge in [0, 0.05) is 25.2 Å². The molecule has 1 unspecified atom stereocenters. The van der Waals surface area contributed by atoms with Crippen molar-refractivity contribution in [2.45, 2.75) is 17.9 Å². The Morgan fingerprint density at radius 3 is 2.71 bits per heavy atom. The molecular weight excluding hydrogens is 322 g/mol. The maximum atomic E-state index is 12.5. The molecule has 0 bridgehead atoms. The summed E-state index contributed by atoms with van der Waals surface area (Å²) in [6.07, 6.45) is 0. The number of benzene rings is 1. The number of nitrogens with zero attached hydrogens (tertiary/aromatic N) is 2. The first-order valence-corrected chi connectivity index (χ1v) is 7.80. The van der Waals surface area contributed by atoms with Crippen molar-refractivity contribution < 1.29 is 18.1 Å². The van der Waals surface area contributed by atoms with E-state index < -0.39 is 26.9 Å². The van der Waals surface area contributed by atoms with Crippen LogP contribution in [0.2, 0.25) is 5.02 Å². The summed E-state index contributed by atoms with van der Waals surface area (Å²) in [7, 11) is -4.00. The van der Waals surface area contributed by atoms with Crippen LogP contribution in [0.15, 0.2) is 23.1 Å². The lowest BCUT2D eigenvalue weighted by Gasteiger charge is -2.31. The molecule has 1 aliphatic heterocycles. The molecular formula is C11H12ClN3O5S. The number of carbonyl (C=O) groups is 1. The summed E-state index contributed by atoms with van der Waals surface area (Å²) in [4.78, 5) is 21.3. The first kappa shape index (κ1) is 15.7. The molecule has 0 spiro atoms. The van der Waals surface area contributed by atoms with Gasteiger partial charge in [0.2, 0.25) is 15.9 Å². The number of nitro groups is 1. The smallest absolute Gasteiger partial charge is 0.271 e. The predicted octanol–water partition coefficient (Wildman–Crippen LogP) is 0.757. The van der Waals surface area contributed by atoms with E-state index in [4.69, 9.17) is 11.6 Å². The quantitative estimate of drug-likeness (QED) is 0.648. The van der Waals surface area contributed by atoms with Gasteiger partial charge in [-0.15, -0.1) is 0 Å². The Kier molecular flexibility index (Phi) is 4.17. The average molecular weight is 334 g/mol. The molecule has 0 radical (unpaired) electrons. The summed E-state index contributed by atoms with van der Waals surface area (Å²) in [6, 6.07) is 2.25. The van der Waals surface area contributed by atoms with Gasteiger partial charge in [0.25, 0.3) is 5.69 Å². The van der Waals surface area contributed by atoms with Crippen LogP contribution in [-0.2, 0) is 14.8 Å². The molecule has 0 aliphatic carbocycles. The summed E-state index contributed by atoms with van der Waals surface area (Å²) in [5.74, 6) is -0.400. The van der Waals surface area contributed by atoms with Crippen molar-refractivity contribution in [2.24, 2.45) is 0 Å².